The van der Waals surface area contributed by atoms with Crippen LogP contribution in [0, 0.1) is 5.82 Å². The number of carbonyl (C=O) groups excluding carboxylic acids is 2. The third kappa shape index (κ3) is 3.31. The average Bonchev–Trinajstić information content (AvgIpc) is 2.53. The van der Waals surface area contributed by atoms with Crippen LogP contribution < -0.4 is 10.9 Å². The molecule has 0 saturated heterocycles. The summed E-state index contributed by atoms with van der Waals surface area (Å²) in [5.41, 5.74) is 4.44. The van der Waals surface area contributed by atoms with E-state index in [1.807, 2.05) is 30.3 Å². The lowest BCUT2D eigenvalue weighted by molar-refractivity contribution is -0.126. The molecule has 5 heteroatoms. The van der Waals surface area contributed by atoms with Crippen molar-refractivity contribution >= 4 is 11.8 Å². The predicted molar refractivity (Wildman–Crippen MR) is 81.5 cm³/mol. The smallest absolute Gasteiger partial charge is 0.272 e. The van der Waals surface area contributed by atoms with Gasteiger partial charge in [0.2, 0.25) is 5.91 Å². The summed E-state index contributed by atoms with van der Waals surface area (Å²) >= 11 is 0. The Labute approximate surface area is 128 Å². The van der Waals surface area contributed by atoms with Crippen molar-refractivity contribution in [2.24, 2.45) is 0 Å². The van der Waals surface area contributed by atoms with E-state index < -0.39 is 17.1 Å². The third-order valence-electron chi connectivity index (χ3n) is 3.47. The molecule has 2 N–H and O–H groups in total. The van der Waals surface area contributed by atoms with E-state index in [0.29, 0.717) is 0 Å². The second kappa shape index (κ2) is 6.39. The van der Waals surface area contributed by atoms with Gasteiger partial charge in [-0.15, -0.1) is 0 Å². The molecule has 2 rings (SSSR count). The van der Waals surface area contributed by atoms with Gasteiger partial charge in [-0.3, -0.25) is 20.4 Å². The maximum absolute atomic E-state index is 13.5. The summed E-state index contributed by atoms with van der Waals surface area (Å²) in [4.78, 5) is 24.1. The predicted octanol–water partition coefficient (Wildman–Crippen LogP) is 2.56. The molecule has 22 heavy (non-hydrogen) atoms. The molecule has 0 saturated carbocycles. The Hall–Kier alpha value is -2.69. The molecule has 2 aromatic rings. The monoisotopic (exact) mass is 300 g/mol. The van der Waals surface area contributed by atoms with Crippen molar-refractivity contribution in [1.29, 1.82) is 0 Å². The number of carbonyl (C=O) groups is 2. The van der Waals surface area contributed by atoms with Crippen molar-refractivity contribution in [3.8, 4) is 0 Å². The Morgan fingerprint density at radius 3 is 2.14 bits per heavy atom. The Morgan fingerprint density at radius 1 is 0.909 bits per heavy atom. The minimum atomic E-state index is -0.830. The summed E-state index contributed by atoms with van der Waals surface area (Å²) in [6, 6.07) is 14.8. The lowest BCUT2D eigenvalue weighted by atomic mass is 9.84. The molecule has 2 aromatic carbocycles. The van der Waals surface area contributed by atoms with Crippen LogP contribution in [0.2, 0.25) is 0 Å². The molecule has 0 spiro atoms. The van der Waals surface area contributed by atoms with Crippen molar-refractivity contribution < 1.29 is 14.0 Å². The maximum Gasteiger partial charge on any atom is 0.272 e. The molecule has 2 amide bonds. The Balaban J connectivity index is 2.04. The van der Waals surface area contributed by atoms with E-state index in [2.05, 4.69) is 10.9 Å². The van der Waals surface area contributed by atoms with Crippen molar-refractivity contribution in [3.05, 3.63) is 71.5 Å². The van der Waals surface area contributed by atoms with Crippen LogP contribution in [0.1, 0.15) is 29.8 Å². The SMILES string of the molecule is CC(C)(C(=O)NNC(=O)c1ccccc1F)c1ccccc1. The lowest BCUT2D eigenvalue weighted by Gasteiger charge is -2.24. The molecule has 0 aliphatic carbocycles. The number of nitrogens with one attached hydrogen (secondary N) is 2. The normalized spacial score (nSPS) is 10.9. The van der Waals surface area contributed by atoms with E-state index in [-0.39, 0.29) is 11.5 Å². The molecule has 0 bridgehead atoms. The zero-order valence-corrected chi connectivity index (χ0v) is 12.4. The van der Waals surface area contributed by atoms with Crippen LogP contribution in [0.15, 0.2) is 54.6 Å². The molecule has 0 aromatic heterocycles. The summed E-state index contributed by atoms with van der Waals surface area (Å²) in [6.45, 7) is 3.49. The van der Waals surface area contributed by atoms with Gasteiger partial charge in [0.15, 0.2) is 0 Å². The fraction of sp³-hybridized carbons (Fsp3) is 0.176. The fourth-order valence-corrected chi connectivity index (χ4v) is 1.97. The number of halogens is 1. The largest absolute Gasteiger partial charge is 0.272 e. The standard InChI is InChI=1S/C17H17FN2O2/c1-17(2,12-8-4-3-5-9-12)16(22)20-19-15(21)13-10-6-7-11-14(13)18/h3-11H,1-2H3,(H,19,21)(H,20,22). The first kappa shape index (κ1) is 15.7. The molecule has 4 nitrogen and oxygen atoms in total. The highest BCUT2D eigenvalue weighted by atomic mass is 19.1. The first-order valence-corrected chi connectivity index (χ1v) is 6.84. The molecule has 114 valence electrons. The Bertz CT molecular complexity index is 684. The van der Waals surface area contributed by atoms with Gasteiger partial charge in [-0.05, 0) is 31.5 Å². The van der Waals surface area contributed by atoms with Crippen LogP contribution in [0.25, 0.3) is 0 Å². The molecule has 0 atom stereocenters. The second-order valence-corrected chi connectivity index (χ2v) is 5.38. The number of hydrazine groups is 1. The van der Waals surface area contributed by atoms with E-state index >= 15 is 0 Å². The number of rotatable bonds is 3. The van der Waals surface area contributed by atoms with Gasteiger partial charge >= 0.3 is 0 Å². The van der Waals surface area contributed by atoms with E-state index in [9.17, 15) is 14.0 Å². The van der Waals surface area contributed by atoms with Gasteiger partial charge in [0.25, 0.3) is 5.91 Å². The number of hydrogen-bond donors (Lipinski definition) is 2. The third-order valence-corrected chi connectivity index (χ3v) is 3.47. The number of benzene rings is 2. The average molecular weight is 300 g/mol. The number of amides is 2. The molecule has 0 fully saturated rings. The van der Waals surface area contributed by atoms with E-state index in [0.717, 1.165) is 5.56 Å². The van der Waals surface area contributed by atoms with Crippen molar-refractivity contribution in [1.82, 2.24) is 10.9 Å². The van der Waals surface area contributed by atoms with Gasteiger partial charge in [0.1, 0.15) is 5.82 Å². The maximum atomic E-state index is 13.5. The van der Waals surface area contributed by atoms with Crippen molar-refractivity contribution in [2.45, 2.75) is 19.3 Å². The Kier molecular flexibility index (Phi) is 4.56. The number of hydrogen-bond acceptors (Lipinski definition) is 2. The van der Waals surface area contributed by atoms with Gasteiger partial charge in [-0.2, -0.15) is 0 Å². The molecule has 0 radical (unpaired) electrons. The van der Waals surface area contributed by atoms with Crippen LogP contribution >= 0.6 is 0 Å². The van der Waals surface area contributed by atoms with Gasteiger partial charge in [-0.25, -0.2) is 4.39 Å². The zero-order chi connectivity index (χ0) is 16.2. The highest BCUT2D eigenvalue weighted by molar-refractivity contribution is 5.96. The quantitative estimate of drug-likeness (QED) is 0.856. The van der Waals surface area contributed by atoms with Gasteiger partial charge < -0.3 is 0 Å². The second-order valence-electron chi connectivity index (χ2n) is 5.38. The zero-order valence-electron chi connectivity index (χ0n) is 12.4. The van der Waals surface area contributed by atoms with Crippen LogP contribution in [0.5, 0.6) is 0 Å². The topological polar surface area (TPSA) is 58.2 Å². The summed E-state index contributed by atoms with van der Waals surface area (Å²) < 4.78 is 13.5. The van der Waals surface area contributed by atoms with Crippen molar-refractivity contribution in [3.63, 3.8) is 0 Å². The van der Waals surface area contributed by atoms with Gasteiger partial charge in [0, 0.05) is 0 Å². The van der Waals surface area contributed by atoms with E-state index in [1.165, 1.54) is 18.2 Å². The van der Waals surface area contributed by atoms with Crippen molar-refractivity contribution in [2.75, 3.05) is 0 Å². The molecule has 0 heterocycles. The molecule has 0 aliphatic rings. The highest BCUT2D eigenvalue weighted by Gasteiger charge is 2.30. The van der Waals surface area contributed by atoms with Crippen LogP contribution in [0.3, 0.4) is 0 Å². The summed E-state index contributed by atoms with van der Waals surface area (Å²) in [7, 11) is 0. The summed E-state index contributed by atoms with van der Waals surface area (Å²) in [6.07, 6.45) is 0. The minimum Gasteiger partial charge on any atom is -0.272 e. The summed E-state index contributed by atoms with van der Waals surface area (Å²) in [5, 5.41) is 0. The van der Waals surface area contributed by atoms with E-state index in [4.69, 9.17) is 0 Å². The highest BCUT2D eigenvalue weighted by Crippen LogP contribution is 2.22. The molecule has 0 aliphatic heterocycles. The van der Waals surface area contributed by atoms with Crippen LogP contribution in [-0.2, 0) is 10.2 Å². The molecular formula is C17H17FN2O2. The van der Waals surface area contributed by atoms with Crippen LogP contribution in [-0.4, -0.2) is 11.8 Å². The molecule has 0 unspecified atom stereocenters. The lowest BCUT2D eigenvalue weighted by Crippen LogP contribution is -2.49. The fourth-order valence-electron chi connectivity index (χ4n) is 1.97. The first-order chi connectivity index (χ1) is 10.4. The Morgan fingerprint density at radius 2 is 1.50 bits per heavy atom. The van der Waals surface area contributed by atoms with Gasteiger partial charge in [-0.1, -0.05) is 42.5 Å². The molecular weight excluding hydrogens is 283 g/mol. The minimum absolute atomic E-state index is 0.125. The van der Waals surface area contributed by atoms with Crippen LogP contribution in [0.4, 0.5) is 4.39 Å². The summed E-state index contributed by atoms with van der Waals surface area (Å²) in [5.74, 6) is -1.73. The van der Waals surface area contributed by atoms with Gasteiger partial charge in [0.05, 0.1) is 11.0 Å². The first-order valence-electron chi connectivity index (χ1n) is 6.84. The van der Waals surface area contributed by atoms with E-state index in [1.54, 1.807) is 19.9 Å².